The molecule has 0 bridgehead atoms. The molecule has 24 heavy (non-hydrogen) atoms. The predicted molar refractivity (Wildman–Crippen MR) is 95.8 cm³/mol. The number of carbonyl (C=O) groups is 1. The quantitative estimate of drug-likeness (QED) is 0.881. The van der Waals surface area contributed by atoms with Crippen molar-refractivity contribution in [3.05, 3.63) is 53.3 Å². The second kappa shape index (κ2) is 7.19. The first-order valence-electron chi connectivity index (χ1n) is 7.16. The minimum Gasteiger partial charge on any atom is -0.323 e. The lowest BCUT2D eigenvalue weighted by molar-refractivity contribution is -0.116. The first kappa shape index (κ1) is 18.2. The van der Waals surface area contributed by atoms with Crippen LogP contribution in [0.25, 0.3) is 0 Å². The number of pyridine rings is 1. The molecule has 0 aliphatic carbocycles. The van der Waals surface area contributed by atoms with Crippen LogP contribution in [0.4, 0.5) is 11.4 Å². The lowest BCUT2D eigenvalue weighted by Crippen LogP contribution is -2.45. The Labute approximate surface area is 146 Å². The molecule has 0 aliphatic heterocycles. The van der Waals surface area contributed by atoms with E-state index in [2.05, 4.69) is 10.3 Å². The van der Waals surface area contributed by atoms with E-state index < -0.39 is 22.0 Å². The monoisotopic (exact) mass is 367 g/mol. The number of sulfonamides is 1. The summed E-state index contributed by atoms with van der Waals surface area (Å²) < 4.78 is 25.6. The van der Waals surface area contributed by atoms with Gasteiger partial charge in [0, 0.05) is 11.2 Å². The van der Waals surface area contributed by atoms with E-state index in [0.717, 1.165) is 10.6 Å². The smallest absolute Gasteiger partial charge is 0.248 e. The molecule has 1 atom stereocenters. The molecule has 1 amide bonds. The number of anilines is 2. The van der Waals surface area contributed by atoms with E-state index in [1.54, 1.807) is 37.4 Å². The second-order valence-corrected chi connectivity index (χ2v) is 7.69. The first-order valence-corrected chi connectivity index (χ1v) is 9.39. The van der Waals surface area contributed by atoms with E-state index in [1.165, 1.54) is 19.2 Å². The third-order valence-electron chi connectivity index (χ3n) is 3.43. The molecule has 0 spiro atoms. The van der Waals surface area contributed by atoms with E-state index in [-0.39, 0.29) is 0 Å². The highest BCUT2D eigenvalue weighted by Gasteiger charge is 2.30. The van der Waals surface area contributed by atoms with Crippen LogP contribution in [0, 0.1) is 6.92 Å². The lowest BCUT2D eigenvalue weighted by atomic mass is 10.1. The zero-order valence-corrected chi connectivity index (χ0v) is 15.1. The summed E-state index contributed by atoms with van der Waals surface area (Å²) in [6, 6.07) is 7.30. The first-order chi connectivity index (χ1) is 11.2. The fourth-order valence-electron chi connectivity index (χ4n) is 2.28. The van der Waals surface area contributed by atoms with Crippen LogP contribution in [-0.4, -0.2) is 31.6 Å². The Bertz CT molecular complexity index is 841. The summed E-state index contributed by atoms with van der Waals surface area (Å²) in [6.07, 6.45) is 4.12. The molecule has 1 aromatic carbocycles. The molecule has 6 nitrogen and oxygen atoms in total. The number of amides is 1. The van der Waals surface area contributed by atoms with Crippen LogP contribution in [0.15, 0.2) is 42.7 Å². The number of hydrogen-bond acceptors (Lipinski definition) is 4. The zero-order valence-electron chi connectivity index (χ0n) is 13.5. The Morgan fingerprint density at radius 1 is 1.33 bits per heavy atom. The average Bonchev–Trinajstić information content (AvgIpc) is 2.50. The van der Waals surface area contributed by atoms with Gasteiger partial charge in [-0.2, -0.15) is 0 Å². The van der Waals surface area contributed by atoms with E-state index in [9.17, 15) is 13.2 Å². The minimum absolute atomic E-state index is 0.374. The largest absolute Gasteiger partial charge is 0.323 e. The van der Waals surface area contributed by atoms with Gasteiger partial charge in [0.1, 0.15) is 6.04 Å². The third-order valence-corrected chi connectivity index (χ3v) is 4.89. The van der Waals surface area contributed by atoms with Gasteiger partial charge < -0.3 is 5.32 Å². The fraction of sp³-hybridized carbons (Fsp3) is 0.250. The number of rotatable bonds is 5. The molecule has 0 fully saturated rings. The highest BCUT2D eigenvalue weighted by Crippen LogP contribution is 2.28. The van der Waals surface area contributed by atoms with Crippen molar-refractivity contribution in [3.8, 4) is 0 Å². The topological polar surface area (TPSA) is 79.4 Å². The van der Waals surface area contributed by atoms with Gasteiger partial charge in [-0.25, -0.2) is 8.42 Å². The predicted octanol–water partition coefficient (Wildman–Crippen LogP) is 2.84. The van der Waals surface area contributed by atoms with E-state index in [0.29, 0.717) is 22.0 Å². The third kappa shape index (κ3) is 4.24. The number of aromatic nitrogens is 1. The SMILES string of the molecule is Cc1ccc(Cl)cc1N([C@H](C)C(=O)Nc1cccnc1)S(C)(=O)=O. The highest BCUT2D eigenvalue weighted by atomic mass is 35.5. The number of nitrogens with one attached hydrogen (secondary N) is 1. The number of carbonyl (C=O) groups excluding carboxylic acids is 1. The van der Waals surface area contributed by atoms with Crippen molar-refractivity contribution >= 4 is 38.9 Å². The zero-order chi connectivity index (χ0) is 17.9. The van der Waals surface area contributed by atoms with Gasteiger partial charge >= 0.3 is 0 Å². The van der Waals surface area contributed by atoms with Crippen LogP contribution >= 0.6 is 11.6 Å². The Morgan fingerprint density at radius 2 is 2.04 bits per heavy atom. The normalized spacial score (nSPS) is 12.5. The molecular formula is C16H18ClN3O3S. The maximum atomic E-state index is 12.5. The van der Waals surface area contributed by atoms with Gasteiger partial charge in [0.25, 0.3) is 0 Å². The van der Waals surface area contributed by atoms with Crippen molar-refractivity contribution in [2.24, 2.45) is 0 Å². The molecule has 0 saturated heterocycles. The maximum absolute atomic E-state index is 12.5. The molecule has 0 unspecified atom stereocenters. The van der Waals surface area contributed by atoms with Gasteiger partial charge in [0.15, 0.2) is 0 Å². The highest BCUT2D eigenvalue weighted by molar-refractivity contribution is 7.92. The van der Waals surface area contributed by atoms with Crippen molar-refractivity contribution in [3.63, 3.8) is 0 Å². The summed E-state index contributed by atoms with van der Waals surface area (Å²) in [4.78, 5) is 16.4. The molecular weight excluding hydrogens is 350 g/mol. The number of aryl methyl sites for hydroxylation is 1. The molecule has 0 saturated carbocycles. The molecule has 1 heterocycles. The van der Waals surface area contributed by atoms with Gasteiger partial charge in [0.05, 0.1) is 23.8 Å². The van der Waals surface area contributed by atoms with E-state index in [4.69, 9.17) is 11.6 Å². The van der Waals surface area contributed by atoms with Gasteiger partial charge in [-0.05, 0) is 43.7 Å². The number of halogens is 1. The molecule has 0 aliphatic rings. The van der Waals surface area contributed by atoms with Crippen molar-refractivity contribution < 1.29 is 13.2 Å². The molecule has 0 radical (unpaired) electrons. The van der Waals surface area contributed by atoms with Crippen LogP contribution < -0.4 is 9.62 Å². The van der Waals surface area contributed by atoms with Crippen LogP contribution in [0.5, 0.6) is 0 Å². The maximum Gasteiger partial charge on any atom is 0.248 e. The van der Waals surface area contributed by atoms with E-state index in [1.807, 2.05) is 0 Å². The molecule has 1 aromatic heterocycles. The van der Waals surface area contributed by atoms with Gasteiger partial charge in [-0.15, -0.1) is 0 Å². The molecule has 2 rings (SSSR count). The second-order valence-electron chi connectivity index (χ2n) is 5.40. The lowest BCUT2D eigenvalue weighted by Gasteiger charge is -2.29. The van der Waals surface area contributed by atoms with Crippen LogP contribution in [0.1, 0.15) is 12.5 Å². The standard InChI is InChI=1S/C16H18ClN3O3S/c1-11-6-7-13(17)9-15(11)20(24(3,22)23)12(2)16(21)19-14-5-4-8-18-10-14/h4-10,12H,1-3H3,(H,19,21)/t12-/m1/s1. The fourth-order valence-corrected chi connectivity index (χ4v) is 3.67. The van der Waals surface area contributed by atoms with Crippen LogP contribution in [-0.2, 0) is 14.8 Å². The minimum atomic E-state index is -3.70. The summed E-state index contributed by atoms with van der Waals surface area (Å²) in [6.45, 7) is 3.28. The molecule has 128 valence electrons. The van der Waals surface area contributed by atoms with Gasteiger partial charge in [0.2, 0.25) is 15.9 Å². The van der Waals surface area contributed by atoms with Crippen LogP contribution in [0.2, 0.25) is 5.02 Å². The molecule has 2 aromatic rings. The Morgan fingerprint density at radius 3 is 2.62 bits per heavy atom. The number of nitrogens with zero attached hydrogens (tertiary/aromatic N) is 2. The summed E-state index contributed by atoms with van der Waals surface area (Å²) in [5, 5.41) is 3.05. The summed E-state index contributed by atoms with van der Waals surface area (Å²) in [5.41, 5.74) is 1.57. The van der Waals surface area contributed by atoms with Gasteiger partial charge in [-0.1, -0.05) is 17.7 Å². The summed E-state index contributed by atoms with van der Waals surface area (Å²) in [7, 11) is -3.70. The Kier molecular flexibility index (Phi) is 5.46. The van der Waals surface area contributed by atoms with Crippen molar-refractivity contribution in [2.45, 2.75) is 19.9 Å². The van der Waals surface area contributed by atoms with Crippen LogP contribution in [0.3, 0.4) is 0 Å². The molecule has 1 N–H and O–H groups in total. The summed E-state index contributed by atoms with van der Waals surface area (Å²) in [5.74, 6) is -0.465. The molecule has 8 heteroatoms. The number of benzene rings is 1. The van der Waals surface area contributed by atoms with Crippen molar-refractivity contribution in [2.75, 3.05) is 15.9 Å². The van der Waals surface area contributed by atoms with E-state index >= 15 is 0 Å². The van der Waals surface area contributed by atoms with Crippen molar-refractivity contribution in [1.82, 2.24) is 4.98 Å². The summed E-state index contributed by atoms with van der Waals surface area (Å²) >= 11 is 5.99. The van der Waals surface area contributed by atoms with Gasteiger partial charge in [-0.3, -0.25) is 14.1 Å². The number of hydrogen-bond donors (Lipinski definition) is 1. The Hall–Kier alpha value is -2.12. The Balaban J connectivity index is 2.38. The average molecular weight is 368 g/mol. The van der Waals surface area contributed by atoms with Crippen molar-refractivity contribution in [1.29, 1.82) is 0 Å².